The summed E-state index contributed by atoms with van der Waals surface area (Å²) in [6, 6.07) is 9.64. The number of benzene rings is 1. The van der Waals surface area contributed by atoms with Crippen LogP contribution in [0.1, 0.15) is 57.1 Å². The van der Waals surface area contributed by atoms with E-state index >= 15 is 0 Å². The van der Waals surface area contributed by atoms with E-state index in [9.17, 15) is 4.79 Å². The fraction of sp³-hybridized carbons (Fsp3) is 0.667. The van der Waals surface area contributed by atoms with Crippen LogP contribution in [0.4, 0.5) is 0 Å². The van der Waals surface area contributed by atoms with Gasteiger partial charge in [0, 0.05) is 39.3 Å². The Bertz CT molecular complexity index is 702. The number of rotatable bonds is 6. The molecule has 0 aliphatic carbocycles. The number of ether oxygens (including phenoxy) is 1. The highest BCUT2D eigenvalue weighted by Gasteiger charge is 2.27. The standard InChI is InChI=1S/C24H38N4O2.HI/c1-4-30-23(29)22-12-15-27(16-13-22)24(25-3)26-17-20-8-10-21(11-9-20)18-28-14-6-5-7-19(28)2;/h8-11,19,22H,4-7,12-18H2,1-3H3,(H,25,26);1H. The predicted molar refractivity (Wildman–Crippen MR) is 137 cm³/mol. The molecule has 3 rings (SSSR count). The molecule has 2 fully saturated rings. The number of piperidine rings is 2. The minimum absolute atomic E-state index is 0. The average Bonchev–Trinajstić information content (AvgIpc) is 2.77. The second kappa shape index (κ2) is 13.3. The fourth-order valence-corrected chi connectivity index (χ4v) is 4.49. The minimum Gasteiger partial charge on any atom is -0.466 e. The highest BCUT2D eigenvalue weighted by molar-refractivity contribution is 14.0. The Labute approximate surface area is 204 Å². The van der Waals surface area contributed by atoms with Gasteiger partial charge >= 0.3 is 5.97 Å². The van der Waals surface area contributed by atoms with E-state index in [0.717, 1.165) is 45.0 Å². The van der Waals surface area contributed by atoms with Crippen LogP contribution in [0.25, 0.3) is 0 Å². The summed E-state index contributed by atoms with van der Waals surface area (Å²) >= 11 is 0. The van der Waals surface area contributed by atoms with Crippen molar-refractivity contribution in [1.29, 1.82) is 0 Å². The van der Waals surface area contributed by atoms with Crippen molar-refractivity contribution in [1.82, 2.24) is 15.1 Å². The number of aliphatic imine (C=N–C) groups is 1. The fourth-order valence-electron chi connectivity index (χ4n) is 4.49. The van der Waals surface area contributed by atoms with Crippen LogP contribution in [-0.4, -0.2) is 61.1 Å². The second-order valence-electron chi connectivity index (χ2n) is 8.55. The van der Waals surface area contributed by atoms with Crippen LogP contribution < -0.4 is 5.32 Å². The van der Waals surface area contributed by atoms with Crippen LogP contribution in [0, 0.1) is 5.92 Å². The van der Waals surface area contributed by atoms with Crippen molar-refractivity contribution in [2.45, 2.75) is 65.1 Å². The summed E-state index contributed by atoms with van der Waals surface area (Å²) < 4.78 is 5.17. The molecule has 0 bridgehead atoms. The molecule has 7 heteroatoms. The van der Waals surface area contributed by atoms with Crippen LogP contribution in [0.2, 0.25) is 0 Å². The molecule has 0 amide bonds. The quantitative estimate of drug-likeness (QED) is 0.255. The van der Waals surface area contributed by atoms with Gasteiger partial charge in [0.2, 0.25) is 0 Å². The van der Waals surface area contributed by atoms with E-state index in [1.807, 2.05) is 14.0 Å². The van der Waals surface area contributed by atoms with Gasteiger partial charge in [-0.2, -0.15) is 0 Å². The van der Waals surface area contributed by atoms with Crippen molar-refractivity contribution in [3.05, 3.63) is 35.4 Å². The largest absolute Gasteiger partial charge is 0.466 e. The van der Waals surface area contributed by atoms with Crippen LogP contribution in [0.5, 0.6) is 0 Å². The molecular formula is C24H39IN4O2. The molecule has 31 heavy (non-hydrogen) atoms. The summed E-state index contributed by atoms with van der Waals surface area (Å²) in [7, 11) is 1.82. The van der Waals surface area contributed by atoms with Crippen molar-refractivity contribution < 1.29 is 9.53 Å². The number of halogens is 1. The summed E-state index contributed by atoms with van der Waals surface area (Å²) in [5.74, 6) is 0.872. The van der Waals surface area contributed by atoms with E-state index in [0.29, 0.717) is 12.6 Å². The van der Waals surface area contributed by atoms with Crippen molar-refractivity contribution >= 4 is 35.9 Å². The van der Waals surface area contributed by atoms with Crippen molar-refractivity contribution in [2.75, 3.05) is 33.3 Å². The number of hydrogen-bond donors (Lipinski definition) is 1. The van der Waals surface area contributed by atoms with E-state index < -0.39 is 0 Å². The lowest BCUT2D eigenvalue weighted by atomic mass is 9.97. The number of nitrogens with zero attached hydrogens (tertiary/aromatic N) is 3. The van der Waals surface area contributed by atoms with Gasteiger partial charge in [-0.3, -0.25) is 14.7 Å². The maximum atomic E-state index is 11.9. The molecule has 0 radical (unpaired) electrons. The van der Waals surface area contributed by atoms with Crippen LogP contribution >= 0.6 is 24.0 Å². The second-order valence-corrected chi connectivity index (χ2v) is 8.55. The van der Waals surface area contributed by atoms with Gasteiger partial charge in [0.1, 0.15) is 0 Å². The first kappa shape index (κ1) is 25.9. The number of likely N-dealkylation sites (tertiary alicyclic amines) is 2. The number of guanidine groups is 1. The van der Waals surface area contributed by atoms with Crippen molar-refractivity contribution in [2.24, 2.45) is 10.9 Å². The minimum atomic E-state index is -0.0564. The SMILES string of the molecule is CCOC(=O)C1CCN(C(=NC)NCc2ccc(CN3CCCCC3C)cc2)CC1.I. The molecule has 174 valence electrons. The van der Waals surface area contributed by atoms with Gasteiger partial charge in [-0.1, -0.05) is 30.7 Å². The molecule has 0 saturated carbocycles. The molecule has 2 aliphatic rings. The lowest BCUT2D eigenvalue weighted by molar-refractivity contribution is -0.149. The van der Waals surface area contributed by atoms with Gasteiger partial charge in [0.25, 0.3) is 0 Å². The number of nitrogens with one attached hydrogen (secondary N) is 1. The van der Waals surface area contributed by atoms with Crippen LogP contribution in [0.3, 0.4) is 0 Å². The molecule has 0 spiro atoms. The van der Waals surface area contributed by atoms with Gasteiger partial charge in [-0.05, 0) is 57.2 Å². The Morgan fingerprint density at radius 2 is 1.77 bits per heavy atom. The Hall–Kier alpha value is -1.35. The van der Waals surface area contributed by atoms with Gasteiger partial charge in [0.05, 0.1) is 12.5 Å². The van der Waals surface area contributed by atoms with Crippen molar-refractivity contribution in [3.63, 3.8) is 0 Å². The van der Waals surface area contributed by atoms with Gasteiger partial charge in [-0.25, -0.2) is 0 Å². The Balaban J connectivity index is 0.00000341. The predicted octanol–water partition coefficient (Wildman–Crippen LogP) is 4.03. The first-order valence-electron chi connectivity index (χ1n) is 11.5. The highest BCUT2D eigenvalue weighted by atomic mass is 127. The number of carbonyl (C=O) groups excluding carboxylic acids is 1. The zero-order chi connectivity index (χ0) is 21.3. The molecule has 2 aliphatic heterocycles. The van der Waals surface area contributed by atoms with Crippen LogP contribution in [0.15, 0.2) is 29.3 Å². The molecular weight excluding hydrogens is 503 g/mol. The average molecular weight is 543 g/mol. The lowest BCUT2D eigenvalue weighted by Gasteiger charge is -2.33. The third kappa shape index (κ3) is 7.63. The maximum Gasteiger partial charge on any atom is 0.309 e. The van der Waals surface area contributed by atoms with Gasteiger partial charge in [-0.15, -0.1) is 24.0 Å². The smallest absolute Gasteiger partial charge is 0.309 e. The van der Waals surface area contributed by atoms with Crippen LogP contribution in [-0.2, 0) is 22.6 Å². The molecule has 1 aromatic rings. The normalized spacial score (nSPS) is 20.8. The maximum absolute atomic E-state index is 11.9. The number of esters is 1. The van der Waals surface area contributed by atoms with E-state index in [2.05, 4.69) is 51.3 Å². The third-order valence-corrected chi connectivity index (χ3v) is 6.43. The monoisotopic (exact) mass is 542 g/mol. The zero-order valence-electron chi connectivity index (χ0n) is 19.3. The number of hydrogen-bond acceptors (Lipinski definition) is 4. The molecule has 6 nitrogen and oxygen atoms in total. The van der Waals surface area contributed by atoms with E-state index in [1.54, 1.807) is 0 Å². The first-order valence-corrected chi connectivity index (χ1v) is 11.5. The lowest BCUT2D eigenvalue weighted by Crippen LogP contribution is -2.46. The van der Waals surface area contributed by atoms with Crippen molar-refractivity contribution in [3.8, 4) is 0 Å². The number of carbonyl (C=O) groups is 1. The topological polar surface area (TPSA) is 57.2 Å². The Kier molecular flexibility index (Phi) is 11.1. The Morgan fingerprint density at radius 3 is 2.39 bits per heavy atom. The molecule has 1 unspecified atom stereocenters. The summed E-state index contributed by atoms with van der Waals surface area (Å²) in [4.78, 5) is 21.2. The molecule has 2 heterocycles. The summed E-state index contributed by atoms with van der Waals surface area (Å²) in [6.07, 6.45) is 5.65. The molecule has 1 aromatic carbocycles. The summed E-state index contributed by atoms with van der Waals surface area (Å²) in [5.41, 5.74) is 2.64. The molecule has 1 atom stereocenters. The molecule has 2 saturated heterocycles. The van der Waals surface area contributed by atoms with E-state index in [-0.39, 0.29) is 35.9 Å². The first-order chi connectivity index (χ1) is 14.6. The summed E-state index contributed by atoms with van der Waals surface area (Å²) in [6.45, 7) is 9.34. The van der Waals surface area contributed by atoms with E-state index in [1.165, 1.54) is 36.9 Å². The van der Waals surface area contributed by atoms with Gasteiger partial charge in [0.15, 0.2) is 5.96 Å². The van der Waals surface area contributed by atoms with E-state index in [4.69, 9.17) is 4.74 Å². The van der Waals surface area contributed by atoms with Gasteiger partial charge < -0.3 is 15.0 Å². The zero-order valence-corrected chi connectivity index (χ0v) is 21.6. The summed E-state index contributed by atoms with van der Waals surface area (Å²) in [5, 5.41) is 3.48. The third-order valence-electron chi connectivity index (χ3n) is 6.43. The highest BCUT2D eigenvalue weighted by Crippen LogP contribution is 2.20. The Morgan fingerprint density at radius 1 is 1.10 bits per heavy atom. The molecule has 0 aromatic heterocycles. The molecule has 1 N–H and O–H groups in total.